The van der Waals surface area contributed by atoms with Gasteiger partial charge in [0.05, 0.1) is 13.5 Å². The van der Waals surface area contributed by atoms with Gasteiger partial charge in [-0.05, 0) is 25.0 Å². The smallest absolute Gasteiger partial charge is 0.224 e. The Morgan fingerprint density at radius 1 is 1.56 bits per heavy atom. The Hall–Kier alpha value is -1.03. The van der Waals surface area contributed by atoms with Crippen LogP contribution in [0.25, 0.3) is 0 Å². The third kappa shape index (κ3) is 2.98. The normalized spacial score (nSPS) is 14.6. The van der Waals surface area contributed by atoms with Crippen molar-refractivity contribution in [2.24, 2.45) is 0 Å². The number of benzene rings is 1. The van der Waals surface area contributed by atoms with E-state index >= 15 is 0 Å². The summed E-state index contributed by atoms with van der Waals surface area (Å²) in [5, 5.41) is 2.96. The van der Waals surface area contributed by atoms with Crippen LogP contribution in [0.1, 0.15) is 18.4 Å². The van der Waals surface area contributed by atoms with Gasteiger partial charge in [-0.25, -0.2) is 0 Å². The maximum Gasteiger partial charge on any atom is 0.224 e. The Morgan fingerprint density at radius 3 is 2.94 bits per heavy atom. The van der Waals surface area contributed by atoms with Crippen LogP contribution in [0.15, 0.2) is 22.7 Å². The van der Waals surface area contributed by atoms with Crippen molar-refractivity contribution in [1.82, 2.24) is 5.32 Å². The van der Waals surface area contributed by atoms with Crippen molar-refractivity contribution in [2.75, 3.05) is 7.11 Å². The number of hydrogen-bond donors (Lipinski definition) is 1. The van der Waals surface area contributed by atoms with Crippen molar-refractivity contribution < 1.29 is 9.53 Å². The van der Waals surface area contributed by atoms with Crippen LogP contribution in [0, 0.1) is 0 Å². The highest BCUT2D eigenvalue weighted by atomic mass is 79.9. The van der Waals surface area contributed by atoms with E-state index in [2.05, 4.69) is 21.2 Å². The second-order valence-electron chi connectivity index (χ2n) is 3.97. The minimum Gasteiger partial charge on any atom is -0.496 e. The summed E-state index contributed by atoms with van der Waals surface area (Å²) in [4.78, 5) is 11.6. The van der Waals surface area contributed by atoms with E-state index in [1.54, 1.807) is 7.11 Å². The highest BCUT2D eigenvalue weighted by molar-refractivity contribution is 9.10. The van der Waals surface area contributed by atoms with Gasteiger partial charge in [0.25, 0.3) is 0 Å². The molecule has 0 radical (unpaired) electrons. The predicted molar refractivity (Wildman–Crippen MR) is 65.6 cm³/mol. The van der Waals surface area contributed by atoms with Gasteiger partial charge in [-0.15, -0.1) is 0 Å². The molecule has 0 atom stereocenters. The summed E-state index contributed by atoms with van der Waals surface area (Å²) < 4.78 is 6.19. The Bertz CT molecular complexity index is 402. The van der Waals surface area contributed by atoms with Gasteiger partial charge < -0.3 is 10.1 Å². The molecular formula is C12H14BrNO2. The molecule has 1 aliphatic carbocycles. The Labute approximate surface area is 103 Å². The molecule has 0 aromatic heterocycles. The zero-order valence-electron chi connectivity index (χ0n) is 9.13. The van der Waals surface area contributed by atoms with Crippen molar-refractivity contribution in [3.8, 4) is 5.75 Å². The molecule has 86 valence electrons. The Kier molecular flexibility index (Phi) is 3.49. The zero-order valence-corrected chi connectivity index (χ0v) is 10.7. The van der Waals surface area contributed by atoms with Crippen LogP contribution in [0.2, 0.25) is 0 Å². The number of halogens is 1. The molecule has 16 heavy (non-hydrogen) atoms. The second kappa shape index (κ2) is 4.87. The third-order valence-electron chi connectivity index (χ3n) is 2.54. The molecule has 1 aromatic carbocycles. The van der Waals surface area contributed by atoms with Crippen molar-refractivity contribution in [1.29, 1.82) is 0 Å². The van der Waals surface area contributed by atoms with Crippen LogP contribution in [-0.4, -0.2) is 19.1 Å². The molecule has 0 saturated heterocycles. The van der Waals surface area contributed by atoms with E-state index in [1.807, 2.05) is 18.2 Å². The fourth-order valence-electron chi connectivity index (χ4n) is 1.54. The molecule has 0 unspecified atom stereocenters. The lowest BCUT2D eigenvalue weighted by Gasteiger charge is -2.09. The average Bonchev–Trinajstić information content (AvgIpc) is 3.04. The van der Waals surface area contributed by atoms with Crippen LogP contribution in [0.5, 0.6) is 5.75 Å². The van der Waals surface area contributed by atoms with E-state index in [0.717, 1.165) is 28.6 Å². The van der Waals surface area contributed by atoms with E-state index in [1.165, 1.54) is 0 Å². The molecule has 0 aliphatic heterocycles. The molecule has 3 nitrogen and oxygen atoms in total. The van der Waals surface area contributed by atoms with Crippen molar-refractivity contribution in [3.63, 3.8) is 0 Å². The number of ether oxygens (including phenoxy) is 1. The van der Waals surface area contributed by atoms with Crippen LogP contribution in [-0.2, 0) is 11.2 Å². The number of amides is 1. The third-order valence-corrected chi connectivity index (χ3v) is 3.04. The summed E-state index contributed by atoms with van der Waals surface area (Å²) in [6.07, 6.45) is 2.61. The quantitative estimate of drug-likeness (QED) is 0.921. The van der Waals surface area contributed by atoms with Gasteiger partial charge >= 0.3 is 0 Å². The average molecular weight is 284 g/mol. The minimum atomic E-state index is 0.0723. The standard InChI is InChI=1S/C12H14BrNO2/c1-16-11-7-9(13)3-2-8(11)6-12(15)14-10-4-5-10/h2-3,7,10H,4-6H2,1H3,(H,14,15). The summed E-state index contributed by atoms with van der Waals surface area (Å²) >= 11 is 3.37. The highest BCUT2D eigenvalue weighted by Crippen LogP contribution is 2.24. The topological polar surface area (TPSA) is 38.3 Å². The van der Waals surface area contributed by atoms with Gasteiger partial charge in [0.2, 0.25) is 5.91 Å². The first kappa shape index (κ1) is 11.5. The van der Waals surface area contributed by atoms with E-state index in [4.69, 9.17) is 4.74 Å². The van der Waals surface area contributed by atoms with Crippen LogP contribution in [0.4, 0.5) is 0 Å². The lowest BCUT2D eigenvalue weighted by molar-refractivity contribution is -0.120. The second-order valence-corrected chi connectivity index (χ2v) is 4.89. The summed E-state index contributed by atoms with van der Waals surface area (Å²) in [6, 6.07) is 6.12. The molecule has 0 heterocycles. The molecule has 0 bridgehead atoms. The first-order chi connectivity index (χ1) is 7.69. The Morgan fingerprint density at radius 2 is 2.31 bits per heavy atom. The molecule has 1 fully saturated rings. The Balaban J connectivity index is 2.04. The van der Waals surface area contributed by atoms with Crippen molar-refractivity contribution in [2.45, 2.75) is 25.3 Å². The number of hydrogen-bond acceptors (Lipinski definition) is 2. The molecule has 1 amide bonds. The molecule has 1 saturated carbocycles. The van der Waals surface area contributed by atoms with Gasteiger partial charge in [0.1, 0.15) is 5.75 Å². The SMILES string of the molecule is COc1cc(Br)ccc1CC(=O)NC1CC1. The highest BCUT2D eigenvalue weighted by Gasteiger charge is 2.23. The predicted octanol–water partition coefficient (Wildman–Crippen LogP) is 2.28. The summed E-state index contributed by atoms with van der Waals surface area (Å²) in [7, 11) is 1.62. The lowest BCUT2D eigenvalue weighted by Crippen LogP contribution is -2.27. The van der Waals surface area contributed by atoms with Gasteiger partial charge in [0, 0.05) is 16.1 Å². The lowest BCUT2D eigenvalue weighted by atomic mass is 10.1. The number of rotatable bonds is 4. The number of carbonyl (C=O) groups is 1. The summed E-state index contributed by atoms with van der Waals surface area (Å²) in [5.74, 6) is 0.823. The van der Waals surface area contributed by atoms with Gasteiger partial charge in [0.15, 0.2) is 0 Å². The fourth-order valence-corrected chi connectivity index (χ4v) is 1.88. The molecule has 0 spiro atoms. The van der Waals surface area contributed by atoms with Crippen molar-refractivity contribution in [3.05, 3.63) is 28.2 Å². The van der Waals surface area contributed by atoms with E-state index in [-0.39, 0.29) is 5.91 Å². The summed E-state index contributed by atoms with van der Waals surface area (Å²) in [6.45, 7) is 0. The monoisotopic (exact) mass is 283 g/mol. The molecule has 2 rings (SSSR count). The molecule has 1 aliphatic rings. The molecule has 1 N–H and O–H groups in total. The van der Waals surface area contributed by atoms with E-state index < -0.39 is 0 Å². The molecular weight excluding hydrogens is 270 g/mol. The first-order valence-corrected chi connectivity index (χ1v) is 6.10. The van der Waals surface area contributed by atoms with Crippen LogP contribution >= 0.6 is 15.9 Å². The van der Waals surface area contributed by atoms with Gasteiger partial charge in [-0.3, -0.25) is 4.79 Å². The number of nitrogens with one attached hydrogen (secondary N) is 1. The van der Waals surface area contributed by atoms with Gasteiger partial charge in [-0.1, -0.05) is 22.0 Å². The molecule has 1 aromatic rings. The van der Waals surface area contributed by atoms with E-state index in [9.17, 15) is 4.79 Å². The maximum atomic E-state index is 11.6. The number of methoxy groups -OCH3 is 1. The zero-order chi connectivity index (χ0) is 11.5. The maximum absolute atomic E-state index is 11.6. The van der Waals surface area contributed by atoms with Crippen LogP contribution < -0.4 is 10.1 Å². The minimum absolute atomic E-state index is 0.0723. The van der Waals surface area contributed by atoms with Gasteiger partial charge in [-0.2, -0.15) is 0 Å². The van der Waals surface area contributed by atoms with E-state index in [0.29, 0.717) is 12.5 Å². The van der Waals surface area contributed by atoms with Crippen LogP contribution in [0.3, 0.4) is 0 Å². The van der Waals surface area contributed by atoms with Crippen molar-refractivity contribution >= 4 is 21.8 Å². The summed E-state index contributed by atoms with van der Waals surface area (Å²) in [5.41, 5.74) is 0.920. The largest absolute Gasteiger partial charge is 0.496 e. The fraction of sp³-hybridized carbons (Fsp3) is 0.417. The molecule has 4 heteroatoms. The first-order valence-electron chi connectivity index (χ1n) is 5.31. The number of carbonyl (C=O) groups excluding carboxylic acids is 1.